The van der Waals surface area contributed by atoms with Gasteiger partial charge in [-0.25, -0.2) is 9.78 Å². The van der Waals surface area contributed by atoms with E-state index < -0.39 is 18.5 Å². The van der Waals surface area contributed by atoms with Crippen LogP contribution in [0.2, 0.25) is 10.0 Å². The molecule has 0 bridgehead atoms. The van der Waals surface area contributed by atoms with Crippen molar-refractivity contribution < 1.29 is 14.3 Å². The molecule has 0 aliphatic heterocycles. The molecule has 3 rings (SSSR count). The summed E-state index contributed by atoms with van der Waals surface area (Å²) >= 11 is 11.7. The lowest BCUT2D eigenvalue weighted by Gasteiger charge is -2.08. The summed E-state index contributed by atoms with van der Waals surface area (Å²) < 4.78 is 5.06. The Hall–Kier alpha value is -2.70. The van der Waals surface area contributed by atoms with E-state index in [0.717, 1.165) is 0 Å². The van der Waals surface area contributed by atoms with E-state index in [0.29, 0.717) is 21.5 Å². The first kappa shape index (κ1) is 17.1. The van der Waals surface area contributed by atoms with E-state index in [1.165, 1.54) is 12.3 Å². The van der Waals surface area contributed by atoms with E-state index >= 15 is 0 Å². The zero-order chi connectivity index (χ0) is 17.8. The molecule has 2 heterocycles. The Bertz CT molecular complexity index is 958. The van der Waals surface area contributed by atoms with E-state index in [1.54, 1.807) is 36.5 Å². The number of nitrogens with one attached hydrogen (secondary N) is 1. The van der Waals surface area contributed by atoms with Crippen LogP contribution in [0.1, 0.15) is 10.4 Å². The van der Waals surface area contributed by atoms with Gasteiger partial charge in [-0.1, -0.05) is 35.3 Å². The summed E-state index contributed by atoms with van der Waals surface area (Å²) in [4.78, 5) is 32.2. The van der Waals surface area contributed by atoms with Crippen molar-refractivity contribution in [2.45, 2.75) is 0 Å². The van der Waals surface area contributed by atoms with Crippen LogP contribution < -0.4 is 5.32 Å². The van der Waals surface area contributed by atoms with Gasteiger partial charge in [-0.2, -0.15) is 0 Å². The van der Waals surface area contributed by atoms with Crippen LogP contribution in [-0.2, 0) is 9.53 Å². The van der Waals surface area contributed by atoms with Gasteiger partial charge >= 0.3 is 5.97 Å². The van der Waals surface area contributed by atoms with Crippen molar-refractivity contribution in [3.8, 4) is 0 Å². The Labute approximate surface area is 152 Å². The number of esters is 1. The minimum absolute atomic E-state index is 0.140. The Balaban J connectivity index is 1.66. The third kappa shape index (κ3) is 4.04. The van der Waals surface area contributed by atoms with E-state index in [2.05, 4.69) is 15.3 Å². The summed E-state index contributed by atoms with van der Waals surface area (Å²) in [6.45, 7) is -0.476. The predicted octanol–water partition coefficient (Wildman–Crippen LogP) is 3.73. The fraction of sp³-hybridized carbons (Fsp3) is 0.0588. The normalized spacial score (nSPS) is 10.5. The second-order valence-electron chi connectivity index (χ2n) is 4.98. The molecule has 0 spiro atoms. The lowest BCUT2D eigenvalue weighted by molar-refractivity contribution is -0.119. The van der Waals surface area contributed by atoms with Crippen molar-refractivity contribution >= 4 is 51.8 Å². The number of benzene rings is 1. The molecular weight excluding hydrogens is 365 g/mol. The number of fused-ring (bicyclic) bond motifs is 1. The molecule has 0 fully saturated rings. The van der Waals surface area contributed by atoms with Crippen LogP contribution in [0.5, 0.6) is 0 Å². The number of anilines is 1. The van der Waals surface area contributed by atoms with Crippen LogP contribution in [-0.4, -0.2) is 28.5 Å². The van der Waals surface area contributed by atoms with Crippen LogP contribution in [0.4, 0.5) is 5.82 Å². The quantitative estimate of drug-likeness (QED) is 0.702. The Morgan fingerprint density at radius 3 is 2.76 bits per heavy atom. The summed E-state index contributed by atoms with van der Waals surface area (Å²) in [5, 5.41) is 3.64. The molecule has 0 atom stereocenters. The van der Waals surface area contributed by atoms with Crippen molar-refractivity contribution in [1.29, 1.82) is 0 Å². The monoisotopic (exact) mass is 375 g/mol. The van der Waals surface area contributed by atoms with Gasteiger partial charge in [0.1, 0.15) is 0 Å². The number of hydrogen-bond acceptors (Lipinski definition) is 5. The number of halogens is 2. The van der Waals surface area contributed by atoms with Gasteiger partial charge in [0.2, 0.25) is 0 Å². The molecule has 0 radical (unpaired) electrons. The number of ether oxygens (including phenoxy) is 1. The Morgan fingerprint density at radius 2 is 1.96 bits per heavy atom. The van der Waals surface area contributed by atoms with Crippen molar-refractivity contribution in [2.75, 3.05) is 11.9 Å². The van der Waals surface area contributed by atoms with Crippen molar-refractivity contribution in [3.05, 3.63) is 64.4 Å². The number of hydrogen-bond donors (Lipinski definition) is 1. The summed E-state index contributed by atoms with van der Waals surface area (Å²) in [5.74, 6) is -1.05. The second kappa shape index (κ2) is 7.46. The molecule has 8 heteroatoms. The summed E-state index contributed by atoms with van der Waals surface area (Å²) in [7, 11) is 0. The second-order valence-corrected chi connectivity index (χ2v) is 5.83. The van der Waals surface area contributed by atoms with E-state index in [-0.39, 0.29) is 10.8 Å². The lowest BCUT2D eigenvalue weighted by Crippen LogP contribution is -2.21. The van der Waals surface area contributed by atoms with Gasteiger partial charge in [0.25, 0.3) is 5.91 Å². The van der Waals surface area contributed by atoms with Gasteiger partial charge in [-0.05, 0) is 24.3 Å². The average Bonchev–Trinajstić information content (AvgIpc) is 2.61. The van der Waals surface area contributed by atoms with Gasteiger partial charge in [0.15, 0.2) is 12.4 Å². The number of nitrogens with zero attached hydrogens (tertiary/aromatic N) is 2. The number of rotatable bonds is 4. The fourth-order valence-electron chi connectivity index (χ4n) is 2.16. The highest BCUT2D eigenvalue weighted by Crippen LogP contribution is 2.22. The molecule has 0 saturated carbocycles. The highest BCUT2D eigenvalue weighted by atomic mass is 35.5. The van der Waals surface area contributed by atoms with Gasteiger partial charge in [-0.3, -0.25) is 9.78 Å². The maximum Gasteiger partial charge on any atom is 0.339 e. The topological polar surface area (TPSA) is 81.2 Å². The summed E-state index contributed by atoms with van der Waals surface area (Å²) in [6.07, 6.45) is 2.98. The molecular formula is C17H11Cl2N3O3. The van der Waals surface area contributed by atoms with Crippen molar-refractivity contribution in [2.24, 2.45) is 0 Å². The van der Waals surface area contributed by atoms with Crippen molar-refractivity contribution in [3.63, 3.8) is 0 Å². The molecule has 1 aromatic carbocycles. The fourth-order valence-corrected chi connectivity index (χ4v) is 2.59. The van der Waals surface area contributed by atoms with Gasteiger partial charge in [0, 0.05) is 17.8 Å². The van der Waals surface area contributed by atoms with Crippen LogP contribution in [0, 0.1) is 0 Å². The first-order chi connectivity index (χ1) is 12.0. The van der Waals surface area contributed by atoms with E-state index in [9.17, 15) is 9.59 Å². The number of carbonyl (C=O) groups excluding carboxylic acids is 2. The molecule has 2 aromatic heterocycles. The maximum atomic E-state index is 12.2. The molecule has 1 N–H and O–H groups in total. The average molecular weight is 376 g/mol. The molecule has 25 heavy (non-hydrogen) atoms. The molecule has 126 valence electrons. The smallest absolute Gasteiger partial charge is 0.339 e. The molecule has 0 aliphatic carbocycles. The first-order valence-electron chi connectivity index (χ1n) is 7.16. The van der Waals surface area contributed by atoms with Crippen LogP contribution in [0.25, 0.3) is 10.9 Å². The number of pyridine rings is 2. The van der Waals surface area contributed by atoms with Crippen LogP contribution in [0.3, 0.4) is 0 Å². The molecule has 0 aliphatic rings. The zero-order valence-electron chi connectivity index (χ0n) is 12.7. The van der Waals surface area contributed by atoms with Crippen LogP contribution >= 0.6 is 23.2 Å². The highest BCUT2D eigenvalue weighted by Gasteiger charge is 2.14. The highest BCUT2D eigenvalue weighted by molar-refractivity contribution is 6.36. The van der Waals surface area contributed by atoms with E-state index in [4.69, 9.17) is 27.9 Å². The molecule has 0 saturated heterocycles. The van der Waals surface area contributed by atoms with E-state index in [1.807, 2.05) is 0 Å². The Morgan fingerprint density at radius 1 is 1.12 bits per heavy atom. The zero-order valence-corrected chi connectivity index (χ0v) is 14.2. The minimum atomic E-state index is -0.621. The molecule has 6 nitrogen and oxygen atoms in total. The number of carbonyl (C=O) groups is 2. The van der Waals surface area contributed by atoms with Gasteiger partial charge in [0.05, 0.1) is 21.1 Å². The minimum Gasteiger partial charge on any atom is -0.452 e. The number of amides is 1. The van der Waals surface area contributed by atoms with Crippen molar-refractivity contribution in [1.82, 2.24) is 9.97 Å². The largest absolute Gasteiger partial charge is 0.452 e. The molecule has 3 aromatic rings. The van der Waals surface area contributed by atoms with Crippen LogP contribution in [0.15, 0.2) is 48.8 Å². The first-order valence-corrected chi connectivity index (χ1v) is 7.92. The SMILES string of the molecule is O=C(COC(=O)c1cccc2ncccc12)Nc1ncc(Cl)cc1Cl. The lowest BCUT2D eigenvalue weighted by atomic mass is 10.1. The Kier molecular flexibility index (Phi) is 5.11. The van der Waals surface area contributed by atoms with Gasteiger partial charge < -0.3 is 10.1 Å². The summed E-state index contributed by atoms with van der Waals surface area (Å²) in [6, 6.07) is 10.0. The number of aromatic nitrogens is 2. The molecule has 1 amide bonds. The predicted molar refractivity (Wildman–Crippen MR) is 94.9 cm³/mol. The third-order valence-electron chi connectivity index (χ3n) is 3.27. The summed E-state index contributed by atoms with van der Waals surface area (Å²) in [5.41, 5.74) is 1.000. The third-order valence-corrected chi connectivity index (χ3v) is 3.76. The standard InChI is InChI=1S/C17H11Cl2N3O3/c18-10-7-13(19)16(21-8-10)22-15(23)9-25-17(24)12-3-1-5-14-11(12)4-2-6-20-14/h1-8H,9H2,(H,21,22,23). The maximum absolute atomic E-state index is 12.2. The molecule has 0 unspecified atom stereocenters. The van der Waals surface area contributed by atoms with Gasteiger partial charge in [-0.15, -0.1) is 0 Å².